The molecule has 0 aliphatic carbocycles. The Hall–Kier alpha value is -3.22. The molecule has 3 aromatic carbocycles. The Labute approximate surface area is 196 Å². The SMILES string of the molecule is CC(C)(O)C(C)(C)O[B]c1ccccc1C1=NC(c2ccccc2)N=C(c2ccccc2)N1. The van der Waals surface area contributed by atoms with Crippen LogP contribution in [0, 0.1) is 0 Å². The number of rotatable bonds is 7. The molecule has 1 heterocycles. The van der Waals surface area contributed by atoms with Crippen LogP contribution in [0.3, 0.4) is 0 Å². The van der Waals surface area contributed by atoms with Crippen molar-refractivity contribution in [3.63, 3.8) is 0 Å². The molecule has 1 aliphatic rings. The van der Waals surface area contributed by atoms with E-state index in [1.165, 1.54) is 0 Å². The van der Waals surface area contributed by atoms with Crippen LogP contribution in [-0.4, -0.2) is 35.5 Å². The maximum Gasteiger partial charge on any atom is 0.331 e. The highest BCUT2D eigenvalue weighted by Gasteiger charge is 2.36. The molecule has 0 fully saturated rings. The summed E-state index contributed by atoms with van der Waals surface area (Å²) in [6, 6.07) is 28.0. The molecule has 0 bridgehead atoms. The summed E-state index contributed by atoms with van der Waals surface area (Å²) in [4.78, 5) is 9.83. The van der Waals surface area contributed by atoms with Crippen molar-refractivity contribution in [2.75, 3.05) is 0 Å². The van der Waals surface area contributed by atoms with Crippen LogP contribution in [0.25, 0.3) is 0 Å². The Morgan fingerprint density at radius 2 is 1.36 bits per heavy atom. The fourth-order valence-electron chi connectivity index (χ4n) is 3.27. The average Bonchev–Trinajstić information content (AvgIpc) is 2.83. The maximum absolute atomic E-state index is 10.5. The minimum absolute atomic E-state index is 0.362. The molecule has 4 rings (SSSR count). The number of aliphatic hydroxyl groups is 1. The first-order chi connectivity index (χ1) is 15.7. The van der Waals surface area contributed by atoms with Gasteiger partial charge >= 0.3 is 7.48 Å². The summed E-state index contributed by atoms with van der Waals surface area (Å²) in [6.07, 6.45) is -0.362. The lowest BCUT2D eigenvalue weighted by molar-refractivity contribution is -0.0893. The molecular weight excluding hydrogens is 409 g/mol. The summed E-state index contributed by atoms with van der Waals surface area (Å²) in [5.41, 5.74) is 1.99. The largest absolute Gasteiger partial charge is 0.427 e. The van der Waals surface area contributed by atoms with Gasteiger partial charge in [0.2, 0.25) is 0 Å². The van der Waals surface area contributed by atoms with Crippen LogP contribution in [0.5, 0.6) is 0 Å². The van der Waals surface area contributed by atoms with Gasteiger partial charge in [0.1, 0.15) is 11.7 Å². The van der Waals surface area contributed by atoms with Gasteiger partial charge < -0.3 is 15.1 Å². The van der Waals surface area contributed by atoms with Gasteiger partial charge in [-0.2, -0.15) is 0 Å². The number of amidine groups is 2. The molecule has 1 unspecified atom stereocenters. The van der Waals surface area contributed by atoms with E-state index in [-0.39, 0.29) is 6.17 Å². The van der Waals surface area contributed by atoms with E-state index in [1.54, 1.807) is 21.3 Å². The van der Waals surface area contributed by atoms with Crippen molar-refractivity contribution in [1.29, 1.82) is 0 Å². The Kier molecular flexibility index (Phi) is 6.50. The molecule has 5 nitrogen and oxygen atoms in total. The number of hydrogen-bond donors (Lipinski definition) is 2. The third kappa shape index (κ3) is 5.24. The number of nitrogens with zero attached hydrogens (tertiary/aromatic N) is 2. The Morgan fingerprint density at radius 1 is 0.788 bits per heavy atom. The van der Waals surface area contributed by atoms with Crippen LogP contribution < -0.4 is 10.8 Å². The van der Waals surface area contributed by atoms with Crippen molar-refractivity contribution in [2.24, 2.45) is 9.98 Å². The van der Waals surface area contributed by atoms with Crippen LogP contribution in [0.4, 0.5) is 0 Å². The van der Waals surface area contributed by atoms with E-state index in [1.807, 2.05) is 98.8 Å². The first-order valence-corrected chi connectivity index (χ1v) is 11.1. The fraction of sp³-hybridized carbons (Fsp3) is 0.259. The Balaban J connectivity index is 1.70. The number of hydrogen-bond acceptors (Lipinski definition) is 5. The number of aliphatic imine (C=N–C) groups is 2. The number of nitrogens with one attached hydrogen (secondary N) is 1. The highest BCUT2D eigenvalue weighted by molar-refractivity contribution is 6.50. The normalized spacial score (nSPS) is 16.5. The zero-order valence-electron chi connectivity index (χ0n) is 19.5. The summed E-state index contributed by atoms with van der Waals surface area (Å²) >= 11 is 0. The second kappa shape index (κ2) is 9.34. The molecule has 33 heavy (non-hydrogen) atoms. The van der Waals surface area contributed by atoms with Gasteiger partial charge in [-0.25, -0.2) is 9.98 Å². The van der Waals surface area contributed by atoms with Gasteiger partial charge in [-0.3, -0.25) is 0 Å². The van der Waals surface area contributed by atoms with Gasteiger partial charge in [-0.1, -0.05) is 84.9 Å². The second-order valence-corrected chi connectivity index (χ2v) is 9.12. The van der Waals surface area contributed by atoms with Crippen molar-refractivity contribution in [3.05, 3.63) is 102 Å². The third-order valence-corrected chi connectivity index (χ3v) is 6.05. The molecule has 0 spiro atoms. The molecular formula is C27H29BN3O2. The first-order valence-electron chi connectivity index (χ1n) is 11.1. The van der Waals surface area contributed by atoms with E-state index in [9.17, 15) is 5.11 Å². The van der Waals surface area contributed by atoms with Crippen molar-refractivity contribution in [3.8, 4) is 0 Å². The highest BCUT2D eigenvalue weighted by atomic mass is 16.5. The van der Waals surface area contributed by atoms with Crippen LogP contribution in [0.1, 0.15) is 50.6 Å². The molecule has 2 N–H and O–H groups in total. The van der Waals surface area contributed by atoms with E-state index in [4.69, 9.17) is 14.6 Å². The van der Waals surface area contributed by atoms with Crippen LogP contribution in [0.2, 0.25) is 0 Å². The fourth-order valence-corrected chi connectivity index (χ4v) is 3.27. The van der Waals surface area contributed by atoms with E-state index in [0.29, 0.717) is 5.84 Å². The monoisotopic (exact) mass is 438 g/mol. The lowest BCUT2D eigenvalue weighted by atomic mass is 9.80. The third-order valence-electron chi connectivity index (χ3n) is 6.05. The molecule has 6 heteroatoms. The molecule has 1 radical (unpaired) electrons. The number of benzene rings is 3. The molecule has 167 valence electrons. The van der Waals surface area contributed by atoms with Crippen LogP contribution in [-0.2, 0) is 4.65 Å². The van der Waals surface area contributed by atoms with Gasteiger partial charge in [-0.05, 0) is 38.7 Å². The summed E-state index contributed by atoms with van der Waals surface area (Å²) in [7, 11) is 1.70. The Bertz CT molecular complexity index is 1150. The zero-order chi connectivity index (χ0) is 23.5. The smallest absolute Gasteiger partial charge is 0.331 e. The first kappa shape index (κ1) is 23.0. The van der Waals surface area contributed by atoms with Crippen molar-refractivity contribution < 1.29 is 9.76 Å². The standard InChI is InChI=1S/C27H29BN3O2/c1-26(2,32)27(3,4)33-28-22-18-12-11-17-21(22)25-30-23(19-13-7-5-8-14-19)29-24(31-25)20-15-9-6-10-16-20/h5-18,23,32H,1-4H3,(H,29,30,31). The van der Waals surface area contributed by atoms with E-state index in [2.05, 4.69) is 5.32 Å². The van der Waals surface area contributed by atoms with Crippen LogP contribution in [0.15, 0.2) is 94.9 Å². The minimum atomic E-state index is -1.01. The van der Waals surface area contributed by atoms with E-state index < -0.39 is 11.2 Å². The average molecular weight is 438 g/mol. The van der Waals surface area contributed by atoms with Gasteiger partial charge in [-0.15, -0.1) is 0 Å². The van der Waals surface area contributed by atoms with E-state index in [0.717, 1.165) is 28.0 Å². The predicted molar refractivity (Wildman–Crippen MR) is 135 cm³/mol. The summed E-state index contributed by atoms with van der Waals surface area (Å²) in [5.74, 6) is 1.48. The summed E-state index contributed by atoms with van der Waals surface area (Å²) in [5, 5.41) is 13.9. The summed E-state index contributed by atoms with van der Waals surface area (Å²) in [6.45, 7) is 7.22. The molecule has 1 atom stereocenters. The predicted octanol–water partition coefficient (Wildman–Crippen LogP) is 3.99. The van der Waals surface area contributed by atoms with Gasteiger partial charge in [0.25, 0.3) is 0 Å². The van der Waals surface area contributed by atoms with Crippen molar-refractivity contribution in [2.45, 2.75) is 45.1 Å². The summed E-state index contributed by atoms with van der Waals surface area (Å²) < 4.78 is 6.05. The zero-order valence-corrected chi connectivity index (χ0v) is 19.5. The second-order valence-electron chi connectivity index (χ2n) is 9.12. The highest BCUT2D eigenvalue weighted by Crippen LogP contribution is 2.25. The van der Waals surface area contributed by atoms with Crippen LogP contribution >= 0.6 is 0 Å². The molecule has 0 saturated carbocycles. The van der Waals surface area contributed by atoms with Gasteiger partial charge in [0, 0.05) is 11.1 Å². The molecule has 3 aromatic rings. The lowest BCUT2D eigenvalue weighted by Crippen LogP contribution is -2.50. The minimum Gasteiger partial charge on any atom is -0.427 e. The molecule has 0 amide bonds. The van der Waals surface area contributed by atoms with Crippen molar-refractivity contribution >= 4 is 24.6 Å². The maximum atomic E-state index is 10.5. The van der Waals surface area contributed by atoms with Gasteiger partial charge in [0.15, 0.2) is 6.17 Å². The topological polar surface area (TPSA) is 66.2 Å². The molecule has 0 saturated heterocycles. The van der Waals surface area contributed by atoms with Gasteiger partial charge in [0.05, 0.1) is 11.2 Å². The van der Waals surface area contributed by atoms with Crippen molar-refractivity contribution in [1.82, 2.24) is 5.32 Å². The molecule has 0 aromatic heterocycles. The lowest BCUT2D eigenvalue weighted by Gasteiger charge is -2.37. The molecule has 1 aliphatic heterocycles. The van der Waals surface area contributed by atoms with E-state index >= 15 is 0 Å². The quantitative estimate of drug-likeness (QED) is 0.549. The Morgan fingerprint density at radius 3 is 2.03 bits per heavy atom.